The van der Waals surface area contributed by atoms with Gasteiger partial charge >= 0.3 is 5.97 Å². The fourth-order valence-electron chi connectivity index (χ4n) is 18.6. The summed E-state index contributed by atoms with van der Waals surface area (Å²) < 4.78 is 110. The van der Waals surface area contributed by atoms with Crippen molar-refractivity contribution in [2.24, 2.45) is 23.7 Å². The number of rotatable bonds is 3. The molecule has 0 aliphatic carbocycles. The van der Waals surface area contributed by atoms with Gasteiger partial charge in [0.1, 0.15) is 24.4 Å². The van der Waals surface area contributed by atoms with Crippen LogP contribution in [0.3, 0.4) is 0 Å². The van der Waals surface area contributed by atoms with E-state index in [1.165, 1.54) is 0 Å². The van der Waals surface area contributed by atoms with Crippen LogP contribution < -0.4 is 0 Å². The fourth-order valence-corrected chi connectivity index (χ4v) is 18.6. The first-order valence-corrected chi connectivity index (χ1v) is 31.7. The first kappa shape index (κ1) is 55.8. The van der Waals surface area contributed by atoms with Gasteiger partial charge in [0.2, 0.25) is 0 Å². The minimum atomic E-state index is -0.942. The third-order valence-electron chi connectivity index (χ3n) is 22.5. The van der Waals surface area contributed by atoms with Crippen LogP contribution in [0.5, 0.6) is 0 Å². The molecule has 0 amide bonds. The van der Waals surface area contributed by atoms with Crippen LogP contribution in [-0.4, -0.2) is 200 Å². The molecule has 0 aromatic heterocycles. The highest BCUT2D eigenvalue weighted by molar-refractivity contribution is 5.70. The third-order valence-corrected chi connectivity index (χ3v) is 22.5. The van der Waals surface area contributed by atoms with Crippen LogP contribution >= 0.6 is 0 Å². The van der Waals surface area contributed by atoms with E-state index in [1.807, 2.05) is 0 Å². The Morgan fingerprint density at radius 2 is 1.16 bits per heavy atom. The molecule has 15 aliphatic rings. The van der Waals surface area contributed by atoms with Crippen LogP contribution in [0.1, 0.15) is 150 Å². The molecule has 15 saturated heterocycles. The summed E-state index contributed by atoms with van der Waals surface area (Å²) in [5, 5.41) is 20.0. The lowest BCUT2D eigenvalue weighted by Gasteiger charge is -2.54. The molecule has 15 aliphatic heterocycles. The average molecular weight is 1140 g/mol. The number of fused-ring (bicyclic) bond motifs is 14. The number of esters is 1. The van der Waals surface area contributed by atoms with E-state index in [1.54, 1.807) is 7.11 Å². The molecule has 10 bridgehead atoms. The lowest BCUT2D eigenvalue weighted by molar-refractivity contribution is -0.369. The fraction of sp³-hybridized carbons (Fsp3) is 0.919. The maximum absolute atomic E-state index is 14.6. The van der Waals surface area contributed by atoms with Gasteiger partial charge in [0.25, 0.3) is 0 Å². The second-order valence-corrected chi connectivity index (χ2v) is 28.1. The molecule has 15 unspecified atom stereocenters. The van der Waals surface area contributed by atoms with E-state index < -0.39 is 41.8 Å². The molecular formula is C62H90O19. The Labute approximate surface area is 476 Å². The SMILES string of the molecule is C=C1CC2CC[C@]34C[C@@H](OC)C(O3)[C@H]3CC(O4)[C@H]4OC(CCC4O3)CC(=O)OC3[C@H](C[C@H]4OC(CC[C@@H]1O2)C[C@@H](C)C4=C)O[C@H]1C[C@H]2O[C@]4(CC5O[C@]6(C[C@H](C)C7OC8CC(C(O)CO)OC8CC7O6)C[C@H](C)C5O4)C[C@H]2O[C@H]1[C@@H]3C. The minimum Gasteiger partial charge on any atom is -0.459 e. The number of ether oxygens (including phenoxy) is 16. The quantitative estimate of drug-likeness (QED) is 0.247. The van der Waals surface area contributed by atoms with Crippen LogP contribution in [0.2, 0.25) is 0 Å². The number of aliphatic hydroxyl groups excluding tert-OH is 2. The van der Waals surface area contributed by atoms with E-state index in [0.717, 1.165) is 49.7 Å². The molecule has 32 atom stereocenters. The summed E-state index contributed by atoms with van der Waals surface area (Å²) in [6.07, 6.45) is 4.99. The summed E-state index contributed by atoms with van der Waals surface area (Å²) in [5.41, 5.74) is 2.16. The lowest BCUT2D eigenvalue weighted by atomic mass is 9.78. The molecule has 3 spiro atoms. The van der Waals surface area contributed by atoms with Crippen molar-refractivity contribution in [1.82, 2.24) is 0 Å². The van der Waals surface area contributed by atoms with Crippen molar-refractivity contribution in [2.45, 2.75) is 320 Å². The predicted octanol–water partition coefficient (Wildman–Crippen LogP) is 5.97. The highest BCUT2D eigenvalue weighted by Crippen LogP contribution is 2.57. The Hall–Kier alpha value is -1.73. The standard InChI is InChI=1S/C62H90O19/c1-28-14-34-8-10-38-29(2)15-36(67-38)12-13-60-25-51(66-7)59(81-60)47-21-49(77-60)58-39(70-47)11-9-35(69-58)16-53(65)75-57-33(6)56-46(72-45(57)17-40(68-34)32(28)5)20-44-50(74-56)24-62(76-44)26-52-55(80-62)31(4)23-61(79-52)22-30(3)54-48(78-61)19-42-43(73-54)18-41(71-42)37(64)27-63/h28,30-31,33-52,54-59,63-64H,2,5,8-27H2,1,3-4,6-7H3/t28-,30+,31+,33+,34?,35?,36?,37?,38+,39?,40-,41?,42?,43?,44-,45+,46+,47-,48?,49?,50-,51-,52?,54?,55?,56+,57?,58+,59?,60-,61-,62-/m1/s1. The van der Waals surface area contributed by atoms with Gasteiger partial charge < -0.3 is 86.0 Å². The van der Waals surface area contributed by atoms with E-state index in [4.69, 9.17) is 75.8 Å². The Morgan fingerprint density at radius 1 is 0.519 bits per heavy atom. The summed E-state index contributed by atoms with van der Waals surface area (Å²) in [4.78, 5) is 14.6. The molecule has 0 radical (unpaired) electrons. The predicted molar refractivity (Wildman–Crippen MR) is 283 cm³/mol. The molecule has 452 valence electrons. The average Bonchev–Trinajstić information content (AvgIpc) is 4.45. The molecule has 0 aromatic carbocycles. The minimum absolute atomic E-state index is 0.00391. The number of aliphatic hydroxyl groups is 2. The highest BCUT2D eigenvalue weighted by Gasteiger charge is 2.66. The topological polar surface area (TPSA) is 205 Å². The molecule has 0 saturated carbocycles. The van der Waals surface area contributed by atoms with E-state index in [0.29, 0.717) is 77.0 Å². The second kappa shape index (κ2) is 21.3. The molecule has 15 fully saturated rings. The number of hydrogen-bond donors (Lipinski definition) is 2. The van der Waals surface area contributed by atoms with Crippen LogP contribution in [0.4, 0.5) is 0 Å². The van der Waals surface area contributed by atoms with Gasteiger partial charge in [-0.1, -0.05) is 40.9 Å². The smallest absolute Gasteiger partial charge is 0.308 e. The lowest BCUT2D eigenvalue weighted by Crippen LogP contribution is -2.62. The summed E-state index contributed by atoms with van der Waals surface area (Å²) in [6.45, 7) is 17.6. The zero-order valence-corrected chi connectivity index (χ0v) is 48.1. The van der Waals surface area contributed by atoms with Crippen molar-refractivity contribution in [3.63, 3.8) is 0 Å². The monoisotopic (exact) mass is 1140 g/mol. The van der Waals surface area contributed by atoms with Gasteiger partial charge in [-0.3, -0.25) is 4.79 Å². The third kappa shape index (κ3) is 10.0. The Balaban J connectivity index is 0.651. The maximum atomic E-state index is 14.6. The zero-order chi connectivity index (χ0) is 55.4. The Kier molecular flexibility index (Phi) is 14.7. The van der Waals surface area contributed by atoms with Gasteiger partial charge in [0.05, 0.1) is 141 Å². The summed E-state index contributed by atoms with van der Waals surface area (Å²) >= 11 is 0. The van der Waals surface area contributed by atoms with Crippen molar-refractivity contribution >= 4 is 5.97 Å². The van der Waals surface area contributed by atoms with E-state index in [2.05, 4.69) is 40.9 Å². The van der Waals surface area contributed by atoms with Crippen molar-refractivity contribution in [2.75, 3.05) is 13.7 Å². The van der Waals surface area contributed by atoms with Gasteiger partial charge in [-0.2, -0.15) is 0 Å². The maximum Gasteiger partial charge on any atom is 0.308 e. The number of carbonyl (C=O) groups is 1. The van der Waals surface area contributed by atoms with Gasteiger partial charge in [0, 0.05) is 83.7 Å². The first-order valence-electron chi connectivity index (χ1n) is 31.7. The van der Waals surface area contributed by atoms with Gasteiger partial charge in [0.15, 0.2) is 17.4 Å². The zero-order valence-electron chi connectivity index (χ0n) is 48.1. The molecule has 19 nitrogen and oxygen atoms in total. The second-order valence-electron chi connectivity index (χ2n) is 28.1. The molecule has 81 heavy (non-hydrogen) atoms. The van der Waals surface area contributed by atoms with E-state index in [-0.39, 0.29) is 171 Å². The van der Waals surface area contributed by atoms with Crippen molar-refractivity contribution in [3.05, 3.63) is 24.3 Å². The van der Waals surface area contributed by atoms with Crippen molar-refractivity contribution in [1.29, 1.82) is 0 Å². The number of methoxy groups -OCH3 is 1. The summed E-state index contributed by atoms with van der Waals surface area (Å²) in [7, 11) is 1.75. The Morgan fingerprint density at radius 3 is 2.00 bits per heavy atom. The molecule has 0 aromatic rings. The van der Waals surface area contributed by atoms with E-state index >= 15 is 0 Å². The van der Waals surface area contributed by atoms with Gasteiger partial charge in [-0.15, -0.1) is 0 Å². The van der Waals surface area contributed by atoms with Gasteiger partial charge in [-0.25, -0.2) is 0 Å². The van der Waals surface area contributed by atoms with Crippen LogP contribution in [0.15, 0.2) is 24.3 Å². The van der Waals surface area contributed by atoms with Crippen LogP contribution in [-0.2, 0) is 80.6 Å². The number of hydrogen-bond acceptors (Lipinski definition) is 19. The highest BCUT2D eigenvalue weighted by atomic mass is 16.8. The van der Waals surface area contributed by atoms with Crippen molar-refractivity contribution in [3.8, 4) is 0 Å². The van der Waals surface area contributed by atoms with Crippen molar-refractivity contribution < 1.29 is 90.8 Å². The Bertz CT molecular complexity index is 2380. The normalized spacial score (nSPS) is 57.0. The van der Waals surface area contributed by atoms with Crippen LogP contribution in [0, 0.1) is 23.7 Å². The largest absolute Gasteiger partial charge is 0.459 e. The first-order chi connectivity index (χ1) is 39.0. The number of carbonyl (C=O) groups excluding carboxylic acids is 1. The van der Waals surface area contributed by atoms with Crippen LogP contribution in [0.25, 0.3) is 0 Å². The molecular weight excluding hydrogens is 1050 g/mol. The van der Waals surface area contributed by atoms with E-state index in [9.17, 15) is 15.0 Å². The molecule has 15 heterocycles. The summed E-state index contributed by atoms with van der Waals surface area (Å²) in [5.74, 6) is -2.64. The molecule has 15 rings (SSSR count). The summed E-state index contributed by atoms with van der Waals surface area (Å²) in [6, 6.07) is 0. The van der Waals surface area contributed by atoms with Gasteiger partial charge in [-0.05, 0) is 73.8 Å². The molecule has 19 heteroatoms. The molecule has 2 N–H and O–H groups in total.